The van der Waals surface area contributed by atoms with Gasteiger partial charge in [-0.3, -0.25) is 9.78 Å². The summed E-state index contributed by atoms with van der Waals surface area (Å²) in [7, 11) is 0. The molecule has 1 aromatic carbocycles. The van der Waals surface area contributed by atoms with Gasteiger partial charge in [-0.05, 0) is 49.8 Å². The van der Waals surface area contributed by atoms with Gasteiger partial charge in [-0.2, -0.15) is 0 Å². The van der Waals surface area contributed by atoms with Gasteiger partial charge in [-0.25, -0.2) is 0 Å². The van der Waals surface area contributed by atoms with Crippen molar-refractivity contribution in [3.05, 3.63) is 65.5 Å². The van der Waals surface area contributed by atoms with Crippen molar-refractivity contribution >= 4 is 5.91 Å². The molecular formula is C20H25N3O. The van der Waals surface area contributed by atoms with E-state index in [9.17, 15) is 4.79 Å². The van der Waals surface area contributed by atoms with Crippen LogP contribution in [0.5, 0.6) is 0 Å². The highest BCUT2D eigenvalue weighted by atomic mass is 16.2. The fraction of sp³-hybridized carbons (Fsp3) is 0.400. The summed E-state index contributed by atoms with van der Waals surface area (Å²) in [6.07, 6.45) is 7.37. The molecule has 2 heterocycles. The number of likely N-dealkylation sites (tertiary alicyclic amines) is 1. The Labute approximate surface area is 143 Å². The number of nitrogens with two attached hydrogens (primary N) is 1. The van der Waals surface area contributed by atoms with E-state index >= 15 is 0 Å². The Kier molecular flexibility index (Phi) is 5.26. The van der Waals surface area contributed by atoms with Gasteiger partial charge in [0, 0.05) is 18.9 Å². The van der Waals surface area contributed by atoms with E-state index in [-0.39, 0.29) is 11.9 Å². The second kappa shape index (κ2) is 7.58. The van der Waals surface area contributed by atoms with Crippen LogP contribution in [0.15, 0.2) is 48.8 Å². The van der Waals surface area contributed by atoms with Crippen LogP contribution in [-0.2, 0) is 11.2 Å². The van der Waals surface area contributed by atoms with Crippen molar-refractivity contribution in [3.8, 4) is 0 Å². The number of hydrogen-bond donors (Lipinski definition) is 1. The lowest BCUT2D eigenvalue weighted by molar-refractivity contribution is -0.136. The molecule has 0 aliphatic carbocycles. The number of benzene rings is 1. The van der Waals surface area contributed by atoms with Crippen LogP contribution in [0.3, 0.4) is 0 Å². The average molecular weight is 323 g/mol. The quantitative estimate of drug-likeness (QED) is 0.941. The maximum atomic E-state index is 13.0. The second-order valence-corrected chi connectivity index (χ2v) is 6.63. The molecule has 1 aromatic heterocycles. The van der Waals surface area contributed by atoms with Crippen LogP contribution in [0.2, 0.25) is 0 Å². The van der Waals surface area contributed by atoms with Crippen LogP contribution in [0.4, 0.5) is 0 Å². The first-order valence-corrected chi connectivity index (χ1v) is 8.66. The zero-order valence-corrected chi connectivity index (χ0v) is 14.2. The monoisotopic (exact) mass is 323 g/mol. The van der Waals surface area contributed by atoms with Gasteiger partial charge in [0.25, 0.3) is 0 Å². The van der Waals surface area contributed by atoms with E-state index in [4.69, 9.17) is 5.73 Å². The van der Waals surface area contributed by atoms with E-state index in [2.05, 4.69) is 30.1 Å². The molecule has 2 N–H and O–H groups in total. The Bertz CT molecular complexity index is 686. The van der Waals surface area contributed by atoms with Crippen LogP contribution >= 0.6 is 0 Å². The predicted molar refractivity (Wildman–Crippen MR) is 95.4 cm³/mol. The number of carbonyl (C=O) groups excluding carboxylic acids is 1. The van der Waals surface area contributed by atoms with Gasteiger partial charge in [-0.1, -0.05) is 35.9 Å². The maximum Gasteiger partial charge on any atom is 0.240 e. The lowest BCUT2D eigenvalue weighted by Gasteiger charge is -2.37. The van der Waals surface area contributed by atoms with Crippen LogP contribution in [0.1, 0.15) is 42.0 Å². The Hall–Kier alpha value is -2.20. The Morgan fingerprint density at radius 2 is 2.21 bits per heavy atom. The van der Waals surface area contributed by atoms with Crippen molar-refractivity contribution in [2.75, 3.05) is 6.54 Å². The molecule has 1 amide bonds. The molecule has 24 heavy (non-hydrogen) atoms. The fourth-order valence-corrected chi connectivity index (χ4v) is 3.51. The number of aromatic nitrogens is 1. The summed E-state index contributed by atoms with van der Waals surface area (Å²) in [4.78, 5) is 19.1. The number of hydrogen-bond acceptors (Lipinski definition) is 3. The van der Waals surface area contributed by atoms with Gasteiger partial charge in [0.2, 0.25) is 5.91 Å². The SMILES string of the molecule is Cc1cccc(C[C@H](N)C(=O)N2CCCC[C@@H]2c2cccnc2)c1. The highest BCUT2D eigenvalue weighted by molar-refractivity contribution is 5.82. The molecular weight excluding hydrogens is 298 g/mol. The molecule has 1 aliphatic heterocycles. The Morgan fingerprint density at radius 3 is 2.96 bits per heavy atom. The first-order chi connectivity index (χ1) is 11.6. The number of rotatable bonds is 4. The number of nitrogens with zero attached hydrogens (tertiary/aromatic N) is 2. The summed E-state index contributed by atoms with van der Waals surface area (Å²) in [6, 6.07) is 11.8. The molecule has 0 unspecified atom stereocenters. The first kappa shape index (κ1) is 16.7. The van der Waals surface area contributed by atoms with Crippen LogP contribution in [-0.4, -0.2) is 28.4 Å². The van der Waals surface area contributed by atoms with Gasteiger partial charge in [0.1, 0.15) is 0 Å². The highest BCUT2D eigenvalue weighted by Crippen LogP contribution is 2.31. The molecule has 126 valence electrons. The summed E-state index contributed by atoms with van der Waals surface area (Å²) in [5.74, 6) is 0.0464. The Balaban J connectivity index is 1.74. The minimum absolute atomic E-state index is 0.0464. The van der Waals surface area contributed by atoms with E-state index in [0.717, 1.165) is 36.9 Å². The van der Waals surface area contributed by atoms with Crippen molar-refractivity contribution in [2.24, 2.45) is 5.73 Å². The third-order valence-electron chi connectivity index (χ3n) is 4.71. The van der Waals surface area contributed by atoms with Crippen LogP contribution in [0.25, 0.3) is 0 Å². The van der Waals surface area contributed by atoms with E-state index < -0.39 is 6.04 Å². The van der Waals surface area contributed by atoms with E-state index in [0.29, 0.717) is 6.42 Å². The minimum atomic E-state index is -0.496. The van der Waals surface area contributed by atoms with Gasteiger partial charge in [-0.15, -0.1) is 0 Å². The summed E-state index contributed by atoms with van der Waals surface area (Å²) >= 11 is 0. The maximum absolute atomic E-state index is 13.0. The summed E-state index contributed by atoms with van der Waals surface area (Å²) in [5.41, 5.74) is 9.68. The van der Waals surface area contributed by atoms with Crippen LogP contribution in [0, 0.1) is 6.92 Å². The largest absolute Gasteiger partial charge is 0.334 e. The number of aryl methyl sites for hydroxylation is 1. The van der Waals surface area contributed by atoms with E-state index in [1.807, 2.05) is 29.3 Å². The molecule has 1 saturated heterocycles. The van der Waals surface area contributed by atoms with Gasteiger partial charge < -0.3 is 10.6 Å². The van der Waals surface area contributed by atoms with Gasteiger partial charge >= 0.3 is 0 Å². The molecule has 1 aliphatic rings. The molecule has 1 fully saturated rings. The molecule has 4 heteroatoms. The topological polar surface area (TPSA) is 59.2 Å². The van der Waals surface area contributed by atoms with Gasteiger partial charge in [0.15, 0.2) is 0 Å². The smallest absolute Gasteiger partial charge is 0.240 e. The van der Waals surface area contributed by atoms with Crippen molar-refractivity contribution < 1.29 is 4.79 Å². The molecule has 0 spiro atoms. The van der Waals surface area contributed by atoms with Crippen molar-refractivity contribution in [3.63, 3.8) is 0 Å². The van der Waals surface area contributed by atoms with Crippen LogP contribution < -0.4 is 5.73 Å². The molecule has 3 rings (SSSR count). The van der Waals surface area contributed by atoms with E-state index in [1.165, 1.54) is 5.56 Å². The van der Waals surface area contributed by atoms with Crippen molar-refractivity contribution in [2.45, 2.75) is 44.7 Å². The lowest BCUT2D eigenvalue weighted by Crippen LogP contribution is -2.48. The Morgan fingerprint density at radius 1 is 1.33 bits per heavy atom. The minimum Gasteiger partial charge on any atom is -0.334 e. The first-order valence-electron chi connectivity index (χ1n) is 8.66. The van der Waals surface area contributed by atoms with Gasteiger partial charge in [0.05, 0.1) is 12.1 Å². The molecule has 0 saturated carbocycles. The summed E-state index contributed by atoms with van der Waals surface area (Å²) in [5, 5.41) is 0. The zero-order chi connectivity index (χ0) is 16.9. The number of amides is 1. The van der Waals surface area contributed by atoms with E-state index in [1.54, 1.807) is 6.20 Å². The fourth-order valence-electron chi connectivity index (χ4n) is 3.51. The second-order valence-electron chi connectivity index (χ2n) is 6.63. The summed E-state index contributed by atoms with van der Waals surface area (Å²) in [6.45, 7) is 2.83. The number of piperidine rings is 1. The molecule has 4 nitrogen and oxygen atoms in total. The third-order valence-corrected chi connectivity index (χ3v) is 4.71. The molecule has 0 bridgehead atoms. The zero-order valence-electron chi connectivity index (χ0n) is 14.2. The lowest BCUT2D eigenvalue weighted by atomic mass is 9.94. The predicted octanol–water partition coefficient (Wildman–Crippen LogP) is 3.01. The number of carbonyl (C=O) groups is 1. The molecule has 2 atom stereocenters. The highest BCUT2D eigenvalue weighted by Gasteiger charge is 2.31. The molecule has 2 aromatic rings. The molecule has 0 radical (unpaired) electrons. The summed E-state index contributed by atoms with van der Waals surface area (Å²) < 4.78 is 0. The average Bonchev–Trinajstić information content (AvgIpc) is 2.62. The van der Waals surface area contributed by atoms with Crippen molar-refractivity contribution in [1.29, 1.82) is 0 Å². The normalized spacial score (nSPS) is 19.1. The number of pyridine rings is 1. The van der Waals surface area contributed by atoms with Crippen molar-refractivity contribution in [1.82, 2.24) is 9.88 Å². The third kappa shape index (κ3) is 3.82. The standard InChI is InChI=1S/C20H25N3O/c1-15-6-4-7-16(12-15)13-18(21)20(24)23-11-3-2-9-19(23)17-8-5-10-22-14-17/h4-8,10,12,14,18-19H,2-3,9,11,13,21H2,1H3/t18-,19+/m0/s1.